The first-order chi connectivity index (χ1) is 8.29. The molecule has 88 valence electrons. The molecule has 2 N–H and O–H groups in total. The Kier molecular flexibility index (Phi) is 3.55. The predicted octanol–water partition coefficient (Wildman–Crippen LogP) is 1.55. The topological polar surface area (TPSA) is 53.5 Å². The van der Waals surface area contributed by atoms with E-state index in [9.17, 15) is 4.79 Å². The van der Waals surface area contributed by atoms with Crippen LogP contribution in [0.25, 0.3) is 0 Å². The van der Waals surface area contributed by atoms with Gasteiger partial charge in [-0.25, -0.2) is 0 Å². The molecule has 0 aromatic heterocycles. The third-order valence-corrected chi connectivity index (χ3v) is 2.42. The molecule has 0 aliphatic carbocycles. The van der Waals surface area contributed by atoms with Gasteiger partial charge >= 0.3 is 0 Å². The van der Waals surface area contributed by atoms with Gasteiger partial charge in [-0.2, -0.15) is 0 Å². The summed E-state index contributed by atoms with van der Waals surface area (Å²) in [5, 5.41) is 5.98. The lowest BCUT2D eigenvalue weighted by Crippen LogP contribution is -2.19. The van der Waals surface area contributed by atoms with Gasteiger partial charge in [0, 0.05) is 17.8 Å². The third kappa shape index (κ3) is 2.93. The van der Waals surface area contributed by atoms with E-state index in [0.29, 0.717) is 0 Å². The highest BCUT2D eigenvalue weighted by Gasteiger charge is 2.07. The Morgan fingerprint density at radius 1 is 1.41 bits per heavy atom. The number of hydrogen-bond donors (Lipinski definition) is 2. The van der Waals surface area contributed by atoms with Crippen LogP contribution in [0.4, 0.5) is 5.69 Å². The maximum Gasteiger partial charge on any atom is 0.248 e. The molecule has 17 heavy (non-hydrogen) atoms. The summed E-state index contributed by atoms with van der Waals surface area (Å²) in [6.07, 6.45) is 3.21. The van der Waals surface area contributed by atoms with Crippen LogP contribution in [0.1, 0.15) is 12.5 Å². The van der Waals surface area contributed by atoms with Crippen LogP contribution in [0.2, 0.25) is 0 Å². The minimum atomic E-state index is -0.114. The van der Waals surface area contributed by atoms with Crippen LogP contribution in [0.15, 0.2) is 41.4 Å². The number of nitrogens with one attached hydrogen (secondary N) is 2. The van der Waals surface area contributed by atoms with Crippen LogP contribution in [-0.2, 0) is 4.79 Å². The second-order valence-corrected chi connectivity index (χ2v) is 3.72. The van der Waals surface area contributed by atoms with Crippen molar-refractivity contribution in [2.45, 2.75) is 6.92 Å². The first kappa shape index (κ1) is 11.4. The van der Waals surface area contributed by atoms with Crippen LogP contribution in [0.3, 0.4) is 0 Å². The van der Waals surface area contributed by atoms with Gasteiger partial charge in [-0.15, -0.1) is 0 Å². The molecule has 1 amide bonds. The number of carbonyl (C=O) groups is 1. The molecule has 0 bridgehead atoms. The smallest absolute Gasteiger partial charge is 0.248 e. The summed E-state index contributed by atoms with van der Waals surface area (Å²) < 4.78 is 0. The van der Waals surface area contributed by atoms with Crippen LogP contribution in [0, 0.1) is 0 Å². The van der Waals surface area contributed by atoms with Crippen molar-refractivity contribution in [1.29, 1.82) is 0 Å². The molecular formula is C13H15N3O. The van der Waals surface area contributed by atoms with Crippen molar-refractivity contribution in [3.8, 4) is 0 Å². The number of amidine groups is 1. The number of hydrogen-bond acceptors (Lipinski definition) is 3. The standard InChI is InChI=1S/C13H15N3O/c1-2-3-12(17)16-11-6-4-10(5-7-11)13-14-8-9-15-13/h2-7H,8-9H2,1H3,(H,14,15)(H,16,17)/b3-2+. The molecule has 0 saturated heterocycles. The summed E-state index contributed by atoms with van der Waals surface area (Å²) in [4.78, 5) is 15.7. The first-order valence-electron chi connectivity index (χ1n) is 5.62. The van der Waals surface area contributed by atoms with Crippen molar-refractivity contribution >= 4 is 17.4 Å². The molecule has 2 rings (SSSR count). The summed E-state index contributed by atoms with van der Waals surface area (Å²) in [7, 11) is 0. The van der Waals surface area contributed by atoms with Gasteiger partial charge < -0.3 is 10.6 Å². The molecule has 0 radical (unpaired) electrons. The molecule has 1 heterocycles. The summed E-state index contributed by atoms with van der Waals surface area (Å²) in [5.74, 6) is 0.813. The maximum atomic E-state index is 11.3. The van der Waals surface area contributed by atoms with Gasteiger partial charge in [0.1, 0.15) is 5.84 Å². The van der Waals surface area contributed by atoms with Crippen molar-refractivity contribution in [3.63, 3.8) is 0 Å². The van der Waals surface area contributed by atoms with E-state index in [4.69, 9.17) is 0 Å². The average Bonchev–Trinajstić information content (AvgIpc) is 2.84. The normalized spacial score (nSPS) is 14.5. The maximum absolute atomic E-state index is 11.3. The number of rotatable bonds is 3. The van der Waals surface area contributed by atoms with E-state index in [1.807, 2.05) is 31.2 Å². The van der Waals surface area contributed by atoms with E-state index in [-0.39, 0.29) is 5.91 Å². The van der Waals surface area contributed by atoms with Crippen LogP contribution in [0.5, 0.6) is 0 Å². The Balaban J connectivity index is 2.05. The number of benzene rings is 1. The fourth-order valence-corrected chi connectivity index (χ4v) is 1.64. The van der Waals surface area contributed by atoms with Gasteiger partial charge in [0.25, 0.3) is 0 Å². The van der Waals surface area contributed by atoms with E-state index >= 15 is 0 Å². The third-order valence-electron chi connectivity index (χ3n) is 2.42. The van der Waals surface area contributed by atoms with Crippen LogP contribution in [-0.4, -0.2) is 24.8 Å². The van der Waals surface area contributed by atoms with Crippen molar-refractivity contribution in [2.24, 2.45) is 4.99 Å². The SMILES string of the molecule is C/C=C/C(=O)Nc1ccc(C2=NCCN2)cc1. The quantitative estimate of drug-likeness (QED) is 0.773. The zero-order valence-corrected chi connectivity index (χ0v) is 9.73. The number of aliphatic imine (C=N–C) groups is 1. The minimum absolute atomic E-state index is 0.114. The lowest BCUT2D eigenvalue weighted by molar-refractivity contribution is -0.111. The highest BCUT2D eigenvalue weighted by atomic mass is 16.1. The molecule has 4 nitrogen and oxygen atoms in total. The number of carbonyl (C=O) groups excluding carboxylic acids is 1. The fraction of sp³-hybridized carbons (Fsp3) is 0.231. The second-order valence-electron chi connectivity index (χ2n) is 3.72. The Labute approximate surface area is 100 Å². The molecule has 0 unspecified atom stereocenters. The van der Waals surface area contributed by atoms with Gasteiger partial charge in [0.2, 0.25) is 5.91 Å². The van der Waals surface area contributed by atoms with Crippen LogP contribution >= 0.6 is 0 Å². The Bertz CT molecular complexity index is 460. The zero-order chi connectivity index (χ0) is 12.1. The molecule has 4 heteroatoms. The summed E-state index contributed by atoms with van der Waals surface area (Å²) >= 11 is 0. The highest BCUT2D eigenvalue weighted by molar-refractivity contribution is 6.01. The molecule has 1 aliphatic heterocycles. The molecule has 1 aromatic carbocycles. The van der Waals surface area contributed by atoms with E-state index in [2.05, 4.69) is 15.6 Å². The Morgan fingerprint density at radius 2 is 2.18 bits per heavy atom. The van der Waals surface area contributed by atoms with Gasteiger partial charge in [-0.1, -0.05) is 6.08 Å². The monoisotopic (exact) mass is 229 g/mol. The van der Waals surface area contributed by atoms with Gasteiger partial charge in [-0.05, 0) is 37.3 Å². The van der Waals surface area contributed by atoms with Gasteiger partial charge in [0.15, 0.2) is 0 Å². The van der Waals surface area contributed by atoms with Gasteiger partial charge in [-0.3, -0.25) is 9.79 Å². The van der Waals surface area contributed by atoms with Crippen molar-refractivity contribution in [2.75, 3.05) is 18.4 Å². The van der Waals surface area contributed by atoms with E-state index in [1.165, 1.54) is 6.08 Å². The zero-order valence-electron chi connectivity index (χ0n) is 9.73. The predicted molar refractivity (Wildman–Crippen MR) is 69.3 cm³/mol. The average molecular weight is 229 g/mol. The van der Waals surface area contributed by atoms with Gasteiger partial charge in [0.05, 0.1) is 6.54 Å². The second kappa shape index (κ2) is 5.30. The number of allylic oxidation sites excluding steroid dienone is 1. The lowest BCUT2D eigenvalue weighted by Gasteiger charge is -2.05. The Morgan fingerprint density at radius 3 is 2.76 bits per heavy atom. The summed E-state index contributed by atoms with van der Waals surface area (Å²) in [6, 6.07) is 7.64. The molecule has 0 atom stereocenters. The fourth-order valence-electron chi connectivity index (χ4n) is 1.64. The van der Waals surface area contributed by atoms with Crippen LogP contribution < -0.4 is 10.6 Å². The Hall–Kier alpha value is -2.10. The molecule has 0 fully saturated rings. The molecular weight excluding hydrogens is 214 g/mol. The number of nitrogens with zero attached hydrogens (tertiary/aromatic N) is 1. The van der Waals surface area contributed by atoms with Crippen molar-refractivity contribution in [1.82, 2.24) is 5.32 Å². The summed E-state index contributed by atoms with van der Waals surface area (Å²) in [6.45, 7) is 3.54. The first-order valence-corrected chi connectivity index (χ1v) is 5.62. The molecule has 1 aliphatic rings. The van der Waals surface area contributed by atoms with Crippen molar-refractivity contribution in [3.05, 3.63) is 42.0 Å². The minimum Gasteiger partial charge on any atom is -0.368 e. The molecule has 0 spiro atoms. The number of amides is 1. The molecule has 0 saturated carbocycles. The number of anilines is 1. The van der Waals surface area contributed by atoms with Crippen molar-refractivity contribution < 1.29 is 4.79 Å². The largest absolute Gasteiger partial charge is 0.368 e. The molecule has 1 aromatic rings. The van der Waals surface area contributed by atoms with E-state index in [1.54, 1.807) is 6.08 Å². The van der Waals surface area contributed by atoms with E-state index in [0.717, 1.165) is 30.2 Å². The lowest BCUT2D eigenvalue weighted by atomic mass is 10.2. The highest BCUT2D eigenvalue weighted by Crippen LogP contribution is 2.11. The summed E-state index contributed by atoms with van der Waals surface area (Å²) in [5.41, 5.74) is 1.84. The van der Waals surface area contributed by atoms with E-state index < -0.39 is 0 Å².